The highest BCUT2D eigenvalue weighted by Crippen LogP contribution is 2.32. The number of hydrogen-bond donors (Lipinski definition) is 3. The van der Waals surface area contributed by atoms with Gasteiger partial charge in [0.25, 0.3) is 5.91 Å². The van der Waals surface area contributed by atoms with Crippen molar-refractivity contribution in [1.82, 2.24) is 10.0 Å². The van der Waals surface area contributed by atoms with Crippen LogP contribution in [0.2, 0.25) is 0 Å². The maximum absolute atomic E-state index is 12.7. The number of ether oxygens (including phenoxy) is 1. The lowest BCUT2D eigenvalue weighted by Crippen LogP contribution is -2.37. The van der Waals surface area contributed by atoms with E-state index in [1.165, 1.54) is 33.9 Å². The average Bonchev–Trinajstić information content (AvgIpc) is 3.13. The molecule has 8 nitrogen and oxygen atoms in total. The molecule has 1 atom stereocenters. The first-order valence-corrected chi connectivity index (χ1v) is 13.2. The summed E-state index contributed by atoms with van der Waals surface area (Å²) in [6.45, 7) is 7.52. The SMILES string of the molecule is CC1CCc2sc(C(=O)Nc3cccc(S(=O)(=O)NCCNC(=O)OC(C)(C)C)c3)cc2C1. The van der Waals surface area contributed by atoms with Crippen molar-refractivity contribution in [1.29, 1.82) is 0 Å². The number of carbonyl (C=O) groups excluding carboxylic acids is 2. The predicted molar refractivity (Wildman–Crippen MR) is 129 cm³/mol. The fourth-order valence-electron chi connectivity index (χ4n) is 3.50. The van der Waals surface area contributed by atoms with Gasteiger partial charge in [0.1, 0.15) is 5.60 Å². The minimum atomic E-state index is -3.82. The Hall–Kier alpha value is -2.43. The third-order valence-corrected chi connectivity index (χ3v) is 7.74. The van der Waals surface area contributed by atoms with Crippen LogP contribution in [0.4, 0.5) is 10.5 Å². The molecule has 2 amide bonds. The number of alkyl carbamates (subject to hydrolysis) is 1. The van der Waals surface area contributed by atoms with Crippen LogP contribution < -0.4 is 15.4 Å². The third-order valence-electron chi connectivity index (χ3n) is 5.04. The fraction of sp³-hybridized carbons (Fsp3) is 0.478. The van der Waals surface area contributed by atoms with E-state index in [1.54, 1.807) is 32.9 Å². The smallest absolute Gasteiger partial charge is 0.407 e. The van der Waals surface area contributed by atoms with Gasteiger partial charge in [-0.2, -0.15) is 0 Å². The maximum atomic E-state index is 12.7. The van der Waals surface area contributed by atoms with Crippen molar-refractivity contribution in [3.05, 3.63) is 45.6 Å². The van der Waals surface area contributed by atoms with Crippen molar-refractivity contribution < 1.29 is 22.7 Å². The number of carbonyl (C=O) groups is 2. The van der Waals surface area contributed by atoms with Gasteiger partial charge in [0.15, 0.2) is 0 Å². The van der Waals surface area contributed by atoms with Crippen LogP contribution in [-0.2, 0) is 27.6 Å². The monoisotopic (exact) mass is 493 g/mol. The Morgan fingerprint density at radius 2 is 1.94 bits per heavy atom. The number of anilines is 1. The molecule has 1 unspecified atom stereocenters. The number of nitrogens with one attached hydrogen (secondary N) is 3. The highest BCUT2D eigenvalue weighted by atomic mass is 32.2. The normalized spacial score (nSPS) is 16.1. The lowest BCUT2D eigenvalue weighted by Gasteiger charge is -2.19. The molecule has 1 heterocycles. The minimum Gasteiger partial charge on any atom is -0.444 e. The Labute approximate surface area is 199 Å². The van der Waals surface area contributed by atoms with E-state index in [9.17, 15) is 18.0 Å². The second-order valence-electron chi connectivity index (χ2n) is 9.22. The van der Waals surface area contributed by atoms with Crippen molar-refractivity contribution >= 4 is 39.0 Å². The summed E-state index contributed by atoms with van der Waals surface area (Å²) in [5, 5.41) is 5.30. The Balaban J connectivity index is 1.57. The molecule has 2 aromatic rings. The number of thiophene rings is 1. The molecule has 1 aliphatic carbocycles. The highest BCUT2D eigenvalue weighted by Gasteiger charge is 2.21. The van der Waals surface area contributed by atoms with E-state index in [0.29, 0.717) is 16.5 Å². The van der Waals surface area contributed by atoms with Gasteiger partial charge < -0.3 is 15.4 Å². The Morgan fingerprint density at radius 1 is 1.18 bits per heavy atom. The molecule has 0 saturated heterocycles. The quantitative estimate of drug-likeness (QED) is 0.506. The Kier molecular flexibility index (Phi) is 7.81. The molecule has 10 heteroatoms. The molecule has 0 spiro atoms. The summed E-state index contributed by atoms with van der Waals surface area (Å²) in [6.07, 6.45) is 2.50. The molecule has 180 valence electrons. The first-order chi connectivity index (χ1) is 15.4. The molecule has 0 fully saturated rings. The topological polar surface area (TPSA) is 114 Å². The van der Waals surface area contributed by atoms with Gasteiger partial charge in [0.2, 0.25) is 10.0 Å². The van der Waals surface area contributed by atoms with Gasteiger partial charge in [0, 0.05) is 23.7 Å². The molecule has 1 aliphatic rings. The largest absolute Gasteiger partial charge is 0.444 e. The van der Waals surface area contributed by atoms with Gasteiger partial charge in [0.05, 0.1) is 9.77 Å². The van der Waals surface area contributed by atoms with Crippen molar-refractivity contribution in [2.75, 3.05) is 18.4 Å². The van der Waals surface area contributed by atoms with Gasteiger partial charge >= 0.3 is 6.09 Å². The van der Waals surface area contributed by atoms with Crippen LogP contribution >= 0.6 is 11.3 Å². The van der Waals surface area contributed by atoms with E-state index >= 15 is 0 Å². The van der Waals surface area contributed by atoms with E-state index in [2.05, 4.69) is 22.3 Å². The zero-order chi connectivity index (χ0) is 24.2. The fourth-order valence-corrected chi connectivity index (χ4v) is 5.68. The third kappa shape index (κ3) is 7.28. The molecule has 3 rings (SSSR count). The Morgan fingerprint density at radius 3 is 2.67 bits per heavy atom. The number of aryl methyl sites for hydroxylation is 1. The molecule has 33 heavy (non-hydrogen) atoms. The summed E-state index contributed by atoms with van der Waals surface area (Å²) in [4.78, 5) is 26.3. The Bertz CT molecular complexity index is 1120. The second kappa shape index (κ2) is 10.2. The summed E-state index contributed by atoms with van der Waals surface area (Å²) in [5.41, 5.74) is 1.01. The predicted octanol–water partition coefficient (Wildman–Crippen LogP) is 3.93. The minimum absolute atomic E-state index is 0.00264. The molecule has 0 aliphatic heterocycles. The summed E-state index contributed by atoms with van der Waals surface area (Å²) < 4.78 is 32.8. The van der Waals surface area contributed by atoms with E-state index in [0.717, 1.165) is 19.3 Å². The first-order valence-electron chi connectivity index (χ1n) is 10.9. The zero-order valence-electron chi connectivity index (χ0n) is 19.4. The van der Waals surface area contributed by atoms with Crippen LogP contribution in [0.3, 0.4) is 0 Å². The van der Waals surface area contributed by atoms with E-state index < -0.39 is 21.7 Å². The number of sulfonamides is 1. The van der Waals surface area contributed by atoms with Crippen molar-refractivity contribution in [2.45, 2.75) is 57.5 Å². The number of fused-ring (bicyclic) bond motifs is 1. The van der Waals surface area contributed by atoms with Crippen molar-refractivity contribution in [3.8, 4) is 0 Å². The van der Waals surface area contributed by atoms with Crippen LogP contribution in [0.1, 0.15) is 54.2 Å². The summed E-state index contributed by atoms with van der Waals surface area (Å²) in [6, 6.07) is 8.03. The van der Waals surface area contributed by atoms with Crippen LogP contribution in [0.15, 0.2) is 35.2 Å². The molecule has 1 aromatic heterocycles. The lowest BCUT2D eigenvalue weighted by atomic mass is 9.90. The van der Waals surface area contributed by atoms with Gasteiger partial charge in [-0.15, -0.1) is 11.3 Å². The summed E-state index contributed by atoms with van der Waals surface area (Å²) >= 11 is 1.51. The lowest BCUT2D eigenvalue weighted by molar-refractivity contribution is 0.0528. The number of hydrogen-bond acceptors (Lipinski definition) is 6. The van der Waals surface area contributed by atoms with Crippen LogP contribution in [0.5, 0.6) is 0 Å². The van der Waals surface area contributed by atoms with Crippen molar-refractivity contribution in [3.63, 3.8) is 0 Å². The summed E-state index contributed by atoms with van der Waals surface area (Å²) in [5.74, 6) is 0.378. The van der Waals surface area contributed by atoms with E-state index in [1.807, 2.05) is 6.07 Å². The molecular formula is C23H31N3O5S2. The standard InChI is InChI=1S/C23H31N3O5S2/c1-15-8-9-19-16(12-15)13-20(32-19)21(27)26-17-6-5-7-18(14-17)33(29,30)25-11-10-24-22(28)31-23(2,3)4/h5-7,13-15,25H,8-12H2,1-4H3,(H,24,28)(H,26,27). The number of amides is 2. The van der Waals surface area contributed by atoms with E-state index in [-0.39, 0.29) is 23.9 Å². The molecule has 1 aromatic carbocycles. The van der Waals surface area contributed by atoms with Gasteiger partial charge in [-0.05, 0) is 75.8 Å². The van der Waals surface area contributed by atoms with Crippen molar-refractivity contribution in [2.24, 2.45) is 5.92 Å². The summed E-state index contributed by atoms with van der Waals surface area (Å²) in [7, 11) is -3.82. The zero-order valence-corrected chi connectivity index (χ0v) is 21.0. The van der Waals surface area contributed by atoms with Gasteiger partial charge in [-0.25, -0.2) is 17.9 Å². The molecule has 3 N–H and O–H groups in total. The second-order valence-corrected chi connectivity index (χ2v) is 12.1. The first kappa shape index (κ1) is 25.2. The van der Waals surface area contributed by atoms with Crippen LogP contribution in [0.25, 0.3) is 0 Å². The molecular weight excluding hydrogens is 462 g/mol. The molecule has 0 bridgehead atoms. The van der Waals surface area contributed by atoms with Gasteiger partial charge in [-0.3, -0.25) is 4.79 Å². The molecule has 0 radical (unpaired) electrons. The average molecular weight is 494 g/mol. The number of rotatable bonds is 7. The highest BCUT2D eigenvalue weighted by molar-refractivity contribution is 7.89. The number of benzene rings is 1. The molecule has 0 saturated carbocycles. The van der Waals surface area contributed by atoms with Crippen LogP contribution in [-0.4, -0.2) is 39.1 Å². The van der Waals surface area contributed by atoms with Gasteiger partial charge in [-0.1, -0.05) is 13.0 Å². The van der Waals surface area contributed by atoms with E-state index in [4.69, 9.17) is 4.74 Å². The van der Waals surface area contributed by atoms with Crippen LogP contribution in [0, 0.1) is 5.92 Å². The maximum Gasteiger partial charge on any atom is 0.407 e.